The maximum Gasteiger partial charge on any atom is 0.101 e. The quantitative estimate of drug-likeness (QED) is 0.867. The number of nitrogens with zero attached hydrogens (tertiary/aromatic N) is 1. The van der Waals surface area contributed by atoms with Gasteiger partial charge in [-0.3, -0.25) is 0 Å². The van der Waals surface area contributed by atoms with Crippen molar-refractivity contribution in [3.8, 4) is 0 Å². The Bertz CT molecular complexity index is 567. The van der Waals surface area contributed by atoms with Crippen LogP contribution in [0, 0.1) is 6.92 Å². The monoisotopic (exact) mass is 306 g/mol. The predicted octanol–water partition coefficient (Wildman–Crippen LogP) is 4.69. The van der Waals surface area contributed by atoms with E-state index in [1.807, 2.05) is 12.1 Å². The lowest BCUT2D eigenvalue weighted by Gasteiger charge is -2.11. The summed E-state index contributed by atoms with van der Waals surface area (Å²) in [6.07, 6.45) is 1.68. The smallest absolute Gasteiger partial charge is 0.101 e. The molecule has 1 aromatic heterocycles. The van der Waals surface area contributed by atoms with Gasteiger partial charge in [0.05, 0.1) is 5.02 Å². The third-order valence-corrected chi connectivity index (χ3v) is 4.22. The van der Waals surface area contributed by atoms with E-state index in [-0.39, 0.29) is 0 Å². The Morgan fingerprint density at radius 1 is 1.25 bits per heavy atom. The van der Waals surface area contributed by atoms with Crippen LogP contribution in [0.5, 0.6) is 0 Å². The summed E-state index contributed by atoms with van der Waals surface area (Å²) in [5, 5.41) is 5.06. The highest BCUT2D eigenvalue weighted by Gasteiger charge is 2.04. The van der Waals surface area contributed by atoms with Crippen molar-refractivity contribution in [2.24, 2.45) is 0 Å². The third-order valence-electron chi connectivity index (χ3n) is 2.87. The van der Waals surface area contributed by atoms with Crippen LogP contribution < -0.4 is 5.32 Å². The Morgan fingerprint density at radius 3 is 2.65 bits per heavy atom. The molecule has 0 aliphatic carbocycles. The second-order valence-electron chi connectivity index (χ2n) is 5.05. The average Bonchev–Trinajstić information content (AvgIpc) is 2.41. The molecule has 0 saturated carbocycles. The van der Waals surface area contributed by atoms with Gasteiger partial charge in [0.2, 0.25) is 0 Å². The molecule has 0 aliphatic rings. The number of nitrogens with one attached hydrogen (secondary N) is 1. The van der Waals surface area contributed by atoms with Gasteiger partial charge in [-0.25, -0.2) is 4.98 Å². The molecule has 0 unspecified atom stereocenters. The van der Waals surface area contributed by atoms with E-state index in [4.69, 9.17) is 11.6 Å². The minimum absolute atomic E-state index is 0.502. The molecular weight excluding hydrogens is 288 g/mol. The zero-order chi connectivity index (χ0) is 14.5. The first kappa shape index (κ1) is 15.4. The first-order valence-electron chi connectivity index (χ1n) is 6.67. The molecule has 2 aromatic rings. The summed E-state index contributed by atoms with van der Waals surface area (Å²) in [4.78, 5) is 5.55. The van der Waals surface area contributed by atoms with E-state index in [0.717, 1.165) is 11.6 Å². The molecule has 4 heteroatoms. The van der Waals surface area contributed by atoms with Gasteiger partial charge in [-0.1, -0.05) is 49.3 Å². The minimum Gasteiger partial charge on any atom is -0.310 e. The zero-order valence-corrected chi connectivity index (χ0v) is 13.6. The average molecular weight is 307 g/mol. The highest BCUT2D eigenvalue weighted by molar-refractivity contribution is 7.99. The number of pyridine rings is 1. The second kappa shape index (κ2) is 7.11. The van der Waals surface area contributed by atoms with Crippen LogP contribution in [0.3, 0.4) is 0 Å². The summed E-state index contributed by atoms with van der Waals surface area (Å²) in [5.41, 5.74) is 2.58. The summed E-state index contributed by atoms with van der Waals surface area (Å²) in [6, 6.07) is 10.9. The molecule has 0 atom stereocenters. The molecule has 106 valence electrons. The highest BCUT2D eigenvalue weighted by Crippen LogP contribution is 2.29. The van der Waals surface area contributed by atoms with Crippen LogP contribution in [-0.2, 0) is 6.54 Å². The van der Waals surface area contributed by atoms with E-state index >= 15 is 0 Å². The van der Waals surface area contributed by atoms with Gasteiger partial charge in [0.1, 0.15) is 5.03 Å². The van der Waals surface area contributed by atoms with Gasteiger partial charge in [0.25, 0.3) is 0 Å². The topological polar surface area (TPSA) is 24.9 Å². The molecule has 0 saturated heterocycles. The van der Waals surface area contributed by atoms with Crippen LogP contribution in [0.25, 0.3) is 0 Å². The van der Waals surface area contributed by atoms with Crippen molar-refractivity contribution in [2.75, 3.05) is 0 Å². The van der Waals surface area contributed by atoms with Crippen LogP contribution in [0.15, 0.2) is 46.5 Å². The summed E-state index contributed by atoms with van der Waals surface area (Å²) >= 11 is 7.51. The SMILES string of the molecule is Cc1cc(CNC(C)C)ccc1Sc1ccc(Cl)cn1. The lowest BCUT2D eigenvalue weighted by molar-refractivity contribution is 0.588. The lowest BCUT2D eigenvalue weighted by atomic mass is 10.1. The number of hydrogen-bond donors (Lipinski definition) is 1. The molecule has 20 heavy (non-hydrogen) atoms. The number of halogens is 1. The summed E-state index contributed by atoms with van der Waals surface area (Å²) < 4.78 is 0. The molecule has 0 spiro atoms. The van der Waals surface area contributed by atoms with Crippen LogP contribution in [0.1, 0.15) is 25.0 Å². The molecule has 1 aromatic carbocycles. The van der Waals surface area contributed by atoms with Gasteiger partial charge >= 0.3 is 0 Å². The standard InChI is InChI=1S/C16H19ClN2S/c1-11(2)18-9-13-4-6-15(12(3)8-13)20-16-7-5-14(17)10-19-16/h4-8,10-11,18H,9H2,1-3H3. The van der Waals surface area contributed by atoms with Gasteiger partial charge in [-0.15, -0.1) is 0 Å². The van der Waals surface area contributed by atoms with Crippen molar-refractivity contribution in [3.63, 3.8) is 0 Å². The first-order valence-corrected chi connectivity index (χ1v) is 7.86. The molecule has 1 N–H and O–H groups in total. The summed E-state index contributed by atoms with van der Waals surface area (Å²) in [5.74, 6) is 0. The molecule has 0 fully saturated rings. The Balaban J connectivity index is 2.07. The third kappa shape index (κ3) is 4.51. The minimum atomic E-state index is 0.502. The van der Waals surface area contributed by atoms with E-state index in [0.29, 0.717) is 11.1 Å². The van der Waals surface area contributed by atoms with Gasteiger partial charge in [0, 0.05) is 23.7 Å². The van der Waals surface area contributed by atoms with E-state index in [9.17, 15) is 0 Å². The maximum absolute atomic E-state index is 5.85. The first-order chi connectivity index (χ1) is 9.54. The van der Waals surface area contributed by atoms with Crippen molar-refractivity contribution < 1.29 is 0 Å². The van der Waals surface area contributed by atoms with E-state index in [1.54, 1.807) is 18.0 Å². The van der Waals surface area contributed by atoms with Crippen LogP contribution in [0.2, 0.25) is 5.02 Å². The molecule has 2 rings (SSSR count). The Hall–Kier alpha value is -1.03. The zero-order valence-electron chi connectivity index (χ0n) is 12.0. The summed E-state index contributed by atoms with van der Waals surface area (Å²) in [6.45, 7) is 7.35. The molecule has 0 bridgehead atoms. The van der Waals surface area contributed by atoms with Crippen molar-refractivity contribution >= 4 is 23.4 Å². The van der Waals surface area contributed by atoms with Crippen LogP contribution in [0.4, 0.5) is 0 Å². The van der Waals surface area contributed by atoms with Gasteiger partial charge in [-0.2, -0.15) is 0 Å². The fourth-order valence-corrected chi connectivity index (χ4v) is 2.73. The van der Waals surface area contributed by atoms with Crippen molar-refractivity contribution in [1.29, 1.82) is 0 Å². The predicted molar refractivity (Wildman–Crippen MR) is 86.5 cm³/mol. The molecule has 0 radical (unpaired) electrons. The molecule has 0 aliphatic heterocycles. The fraction of sp³-hybridized carbons (Fsp3) is 0.312. The Morgan fingerprint density at radius 2 is 2.05 bits per heavy atom. The number of rotatable bonds is 5. The highest BCUT2D eigenvalue weighted by atomic mass is 35.5. The van der Waals surface area contributed by atoms with E-state index in [1.165, 1.54) is 16.0 Å². The number of hydrogen-bond acceptors (Lipinski definition) is 3. The molecular formula is C16H19ClN2S. The Labute approximate surface area is 130 Å². The lowest BCUT2D eigenvalue weighted by Crippen LogP contribution is -2.21. The fourth-order valence-electron chi connectivity index (χ4n) is 1.79. The van der Waals surface area contributed by atoms with Crippen molar-refractivity contribution in [3.05, 3.63) is 52.7 Å². The van der Waals surface area contributed by atoms with Crippen LogP contribution >= 0.6 is 23.4 Å². The van der Waals surface area contributed by atoms with Crippen LogP contribution in [-0.4, -0.2) is 11.0 Å². The van der Waals surface area contributed by atoms with Crippen molar-refractivity contribution in [2.45, 2.75) is 43.3 Å². The van der Waals surface area contributed by atoms with E-state index in [2.05, 4.69) is 49.3 Å². The largest absolute Gasteiger partial charge is 0.310 e. The number of benzene rings is 1. The van der Waals surface area contributed by atoms with Crippen molar-refractivity contribution in [1.82, 2.24) is 10.3 Å². The molecule has 0 amide bonds. The van der Waals surface area contributed by atoms with E-state index < -0.39 is 0 Å². The number of aromatic nitrogens is 1. The number of aryl methyl sites for hydroxylation is 1. The second-order valence-corrected chi connectivity index (χ2v) is 6.55. The summed E-state index contributed by atoms with van der Waals surface area (Å²) in [7, 11) is 0. The molecule has 1 heterocycles. The van der Waals surface area contributed by atoms with Gasteiger partial charge in [-0.05, 0) is 36.2 Å². The van der Waals surface area contributed by atoms with Gasteiger partial charge < -0.3 is 5.32 Å². The Kier molecular flexibility index (Phi) is 5.46. The normalized spacial score (nSPS) is 11.1. The molecule has 2 nitrogen and oxygen atoms in total. The maximum atomic E-state index is 5.85. The van der Waals surface area contributed by atoms with Gasteiger partial charge in [0.15, 0.2) is 0 Å².